The molecule has 1 N–H and O–H groups in total. The number of rotatable bonds is 5. The summed E-state index contributed by atoms with van der Waals surface area (Å²) in [6.45, 7) is 7.34. The summed E-state index contributed by atoms with van der Waals surface area (Å²) in [5.41, 5.74) is 0. The van der Waals surface area contributed by atoms with Gasteiger partial charge in [0.2, 0.25) is 0 Å². The zero-order chi connectivity index (χ0) is 13.1. The average molecular weight is 327 g/mol. The maximum absolute atomic E-state index is 12.2. The molecule has 1 rings (SSSR count). The van der Waals surface area contributed by atoms with Crippen molar-refractivity contribution in [2.24, 2.45) is 11.8 Å². The van der Waals surface area contributed by atoms with Gasteiger partial charge in [0.15, 0.2) is 0 Å². The first-order valence-electron chi connectivity index (χ1n) is 6.20. The van der Waals surface area contributed by atoms with Gasteiger partial charge in [0.25, 0.3) is 10.2 Å². The standard InChI is InChI=1S/C11H23BrN2O2S/c1-9-5-4-6-14(8-9)17(15,16)13-11(3)10(2)7-12/h9-11,13H,4-8H2,1-3H3. The quantitative estimate of drug-likeness (QED) is 0.785. The molecule has 6 heteroatoms. The molecule has 1 aliphatic rings. The highest BCUT2D eigenvalue weighted by molar-refractivity contribution is 9.09. The lowest BCUT2D eigenvalue weighted by Gasteiger charge is -2.31. The van der Waals surface area contributed by atoms with Crippen LogP contribution >= 0.6 is 15.9 Å². The third kappa shape index (κ3) is 4.50. The second-order valence-electron chi connectivity index (χ2n) is 5.15. The molecular weight excluding hydrogens is 304 g/mol. The van der Waals surface area contributed by atoms with Crippen LogP contribution in [-0.2, 0) is 10.2 Å². The summed E-state index contributed by atoms with van der Waals surface area (Å²) >= 11 is 3.38. The van der Waals surface area contributed by atoms with Gasteiger partial charge in [-0.25, -0.2) is 0 Å². The summed E-state index contributed by atoms with van der Waals surface area (Å²) in [5.74, 6) is 0.746. The largest absolute Gasteiger partial charge is 0.279 e. The highest BCUT2D eigenvalue weighted by Gasteiger charge is 2.29. The van der Waals surface area contributed by atoms with E-state index in [1.165, 1.54) is 0 Å². The molecule has 1 fully saturated rings. The van der Waals surface area contributed by atoms with E-state index in [-0.39, 0.29) is 12.0 Å². The molecule has 0 spiro atoms. The van der Waals surface area contributed by atoms with E-state index in [4.69, 9.17) is 0 Å². The summed E-state index contributed by atoms with van der Waals surface area (Å²) in [7, 11) is -3.31. The minimum atomic E-state index is -3.31. The fraction of sp³-hybridized carbons (Fsp3) is 1.00. The van der Waals surface area contributed by atoms with E-state index in [1.807, 2.05) is 13.8 Å². The predicted molar refractivity (Wildman–Crippen MR) is 74.4 cm³/mol. The molecule has 0 aliphatic carbocycles. The van der Waals surface area contributed by atoms with E-state index < -0.39 is 10.2 Å². The Balaban J connectivity index is 2.61. The normalized spacial score (nSPS) is 26.7. The van der Waals surface area contributed by atoms with Crippen LogP contribution in [0.2, 0.25) is 0 Å². The molecule has 1 heterocycles. The van der Waals surface area contributed by atoms with Gasteiger partial charge in [-0.15, -0.1) is 0 Å². The maximum atomic E-state index is 12.2. The molecule has 3 unspecified atom stereocenters. The Bertz CT molecular complexity index is 334. The van der Waals surface area contributed by atoms with Gasteiger partial charge < -0.3 is 0 Å². The Hall–Kier alpha value is 0.350. The zero-order valence-corrected chi connectivity index (χ0v) is 13.2. The zero-order valence-electron chi connectivity index (χ0n) is 10.8. The highest BCUT2D eigenvalue weighted by Crippen LogP contribution is 2.18. The van der Waals surface area contributed by atoms with Crippen molar-refractivity contribution in [3.05, 3.63) is 0 Å². The number of nitrogens with one attached hydrogen (secondary N) is 1. The first-order chi connectivity index (χ1) is 7.86. The molecule has 4 nitrogen and oxygen atoms in total. The van der Waals surface area contributed by atoms with E-state index >= 15 is 0 Å². The van der Waals surface area contributed by atoms with Crippen LogP contribution in [0.25, 0.3) is 0 Å². The van der Waals surface area contributed by atoms with Crippen LogP contribution < -0.4 is 4.72 Å². The van der Waals surface area contributed by atoms with Crippen molar-refractivity contribution >= 4 is 26.1 Å². The fourth-order valence-electron chi connectivity index (χ4n) is 1.92. The van der Waals surface area contributed by atoms with Gasteiger partial charge in [0, 0.05) is 24.5 Å². The molecule has 3 atom stereocenters. The summed E-state index contributed by atoms with van der Waals surface area (Å²) in [6.07, 6.45) is 2.09. The predicted octanol–water partition coefficient (Wildman–Crippen LogP) is 1.97. The molecule has 0 amide bonds. The van der Waals surface area contributed by atoms with Gasteiger partial charge in [0.1, 0.15) is 0 Å². The van der Waals surface area contributed by atoms with Gasteiger partial charge in [-0.05, 0) is 31.6 Å². The lowest BCUT2D eigenvalue weighted by Crippen LogP contribution is -2.49. The molecule has 17 heavy (non-hydrogen) atoms. The molecule has 0 radical (unpaired) electrons. The van der Waals surface area contributed by atoms with Gasteiger partial charge in [-0.1, -0.05) is 29.8 Å². The molecule has 0 aromatic carbocycles. The topological polar surface area (TPSA) is 49.4 Å². The van der Waals surface area contributed by atoms with Crippen molar-refractivity contribution in [2.45, 2.75) is 39.7 Å². The highest BCUT2D eigenvalue weighted by atomic mass is 79.9. The number of alkyl halides is 1. The second-order valence-corrected chi connectivity index (χ2v) is 7.50. The molecule has 1 saturated heterocycles. The summed E-state index contributed by atoms with van der Waals surface area (Å²) in [5, 5.41) is 0.799. The smallest absolute Gasteiger partial charge is 0.199 e. The fourth-order valence-corrected chi connectivity index (χ4v) is 4.16. The van der Waals surface area contributed by atoms with Gasteiger partial charge in [0.05, 0.1) is 0 Å². The molecular formula is C11H23BrN2O2S. The monoisotopic (exact) mass is 326 g/mol. The van der Waals surface area contributed by atoms with E-state index in [0.29, 0.717) is 19.0 Å². The van der Waals surface area contributed by atoms with Crippen molar-refractivity contribution in [3.63, 3.8) is 0 Å². The first kappa shape index (κ1) is 15.4. The van der Waals surface area contributed by atoms with Crippen LogP contribution in [0.3, 0.4) is 0 Å². The third-order valence-corrected chi connectivity index (χ3v) is 6.09. The Morgan fingerprint density at radius 1 is 1.47 bits per heavy atom. The lowest BCUT2D eigenvalue weighted by atomic mass is 10.0. The summed E-state index contributed by atoms with van der Waals surface area (Å²) < 4.78 is 28.7. The van der Waals surface area contributed by atoms with Gasteiger partial charge in [-0.2, -0.15) is 17.4 Å². The third-order valence-electron chi connectivity index (χ3n) is 3.39. The van der Waals surface area contributed by atoms with E-state index in [0.717, 1.165) is 18.2 Å². The van der Waals surface area contributed by atoms with Gasteiger partial charge in [-0.3, -0.25) is 0 Å². The van der Waals surface area contributed by atoms with Crippen LogP contribution in [0.4, 0.5) is 0 Å². The number of hydrogen-bond acceptors (Lipinski definition) is 2. The molecule has 0 bridgehead atoms. The van der Waals surface area contributed by atoms with Crippen LogP contribution in [0.5, 0.6) is 0 Å². The lowest BCUT2D eigenvalue weighted by molar-refractivity contribution is 0.275. The summed E-state index contributed by atoms with van der Waals surface area (Å²) in [4.78, 5) is 0. The SMILES string of the molecule is CC1CCCN(S(=O)(=O)NC(C)C(C)CBr)C1. The average Bonchev–Trinajstić information content (AvgIpc) is 2.27. The molecule has 0 aromatic heterocycles. The minimum absolute atomic E-state index is 0.0448. The van der Waals surface area contributed by atoms with Crippen LogP contribution in [0, 0.1) is 11.8 Å². The van der Waals surface area contributed by atoms with Crippen molar-refractivity contribution < 1.29 is 8.42 Å². The Morgan fingerprint density at radius 2 is 2.12 bits per heavy atom. The van der Waals surface area contributed by atoms with Gasteiger partial charge >= 0.3 is 0 Å². The first-order valence-corrected chi connectivity index (χ1v) is 8.76. The van der Waals surface area contributed by atoms with Crippen LogP contribution in [-0.4, -0.2) is 37.2 Å². The van der Waals surface area contributed by atoms with Crippen molar-refractivity contribution in [1.29, 1.82) is 0 Å². The molecule has 0 aromatic rings. The minimum Gasteiger partial charge on any atom is -0.199 e. The Kier molecular flexibility index (Phi) is 5.89. The number of nitrogens with zero attached hydrogens (tertiary/aromatic N) is 1. The number of halogens is 1. The summed E-state index contributed by atoms with van der Waals surface area (Å²) in [6, 6.07) is -0.0448. The Morgan fingerprint density at radius 3 is 2.65 bits per heavy atom. The van der Waals surface area contributed by atoms with Crippen molar-refractivity contribution in [2.75, 3.05) is 18.4 Å². The number of piperidine rings is 1. The van der Waals surface area contributed by atoms with Crippen molar-refractivity contribution in [3.8, 4) is 0 Å². The molecule has 102 valence electrons. The second kappa shape index (κ2) is 6.50. The Labute approximate surface area is 113 Å². The van der Waals surface area contributed by atoms with Crippen LogP contribution in [0.1, 0.15) is 33.6 Å². The molecule has 0 saturated carbocycles. The van der Waals surface area contributed by atoms with Crippen LogP contribution in [0.15, 0.2) is 0 Å². The molecule has 1 aliphatic heterocycles. The maximum Gasteiger partial charge on any atom is 0.279 e. The van der Waals surface area contributed by atoms with Crippen molar-refractivity contribution in [1.82, 2.24) is 9.03 Å². The van der Waals surface area contributed by atoms with E-state index in [9.17, 15) is 8.42 Å². The van der Waals surface area contributed by atoms with E-state index in [1.54, 1.807) is 4.31 Å². The van der Waals surface area contributed by atoms with E-state index in [2.05, 4.69) is 27.6 Å². The number of hydrogen-bond donors (Lipinski definition) is 1.